The normalized spacial score (nSPS) is 9.75. The van der Waals surface area contributed by atoms with Gasteiger partial charge in [0.25, 0.3) is 10.1 Å². The first-order chi connectivity index (χ1) is 9.33. The number of nitrogens with one attached hydrogen (secondary N) is 1. The van der Waals surface area contributed by atoms with Gasteiger partial charge in [0.15, 0.2) is 5.57 Å². The summed E-state index contributed by atoms with van der Waals surface area (Å²) in [6, 6.07) is 8.69. The van der Waals surface area contributed by atoms with E-state index in [0.29, 0.717) is 5.56 Å². The van der Waals surface area contributed by atoms with E-state index in [1.807, 2.05) is 0 Å². The van der Waals surface area contributed by atoms with Crippen molar-refractivity contribution in [1.29, 1.82) is 15.8 Å². The van der Waals surface area contributed by atoms with Gasteiger partial charge in [0.1, 0.15) is 28.8 Å². The molecule has 0 aliphatic heterocycles. The van der Waals surface area contributed by atoms with Crippen molar-refractivity contribution in [3.8, 4) is 18.2 Å². The Kier molecular flexibility index (Phi) is 4.45. The topological polar surface area (TPSA) is 138 Å². The molecule has 0 aliphatic rings. The van der Waals surface area contributed by atoms with E-state index >= 15 is 0 Å². The molecular formula is C12H8N4O3S. The van der Waals surface area contributed by atoms with Crippen molar-refractivity contribution in [2.45, 2.75) is 11.8 Å². The molecule has 0 bridgehead atoms. The largest absolute Gasteiger partial charge is 0.344 e. The molecule has 100 valence electrons. The quantitative estimate of drug-likeness (QED) is 0.634. The van der Waals surface area contributed by atoms with Crippen LogP contribution in [0.2, 0.25) is 0 Å². The fourth-order valence-electron chi connectivity index (χ4n) is 1.36. The molecule has 0 spiro atoms. The third-order valence-corrected chi connectivity index (χ3v) is 3.15. The smallest absolute Gasteiger partial charge is 0.296 e. The highest BCUT2D eigenvalue weighted by molar-refractivity contribution is 7.86. The second kappa shape index (κ2) is 5.85. The molecule has 0 saturated heterocycles. The van der Waals surface area contributed by atoms with E-state index in [1.54, 1.807) is 19.1 Å². The maximum Gasteiger partial charge on any atom is 0.296 e. The van der Waals surface area contributed by atoms with Gasteiger partial charge in [-0.2, -0.15) is 24.2 Å². The molecule has 0 aromatic heterocycles. The molecule has 0 atom stereocenters. The molecule has 8 heteroatoms. The Bertz CT molecular complexity index is 789. The van der Waals surface area contributed by atoms with Gasteiger partial charge in [0, 0.05) is 0 Å². The molecule has 0 fully saturated rings. The third-order valence-electron chi connectivity index (χ3n) is 2.26. The first kappa shape index (κ1) is 15.2. The number of hydrogen-bond acceptors (Lipinski definition) is 6. The van der Waals surface area contributed by atoms with Crippen LogP contribution in [0.3, 0.4) is 0 Å². The fraction of sp³-hybridized carbons (Fsp3) is 0.0833. The molecule has 0 radical (unpaired) electrons. The van der Waals surface area contributed by atoms with Crippen LogP contribution in [-0.4, -0.2) is 13.0 Å². The zero-order chi connectivity index (χ0) is 15.3. The first-order valence-electron chi connectivity index (χ1n) is 5.13. The predicted octanol–water partition coefficient (Wildman–Crippen LogP) is 1.48. The highest BCUT2D eigenvalue weighted by atomic mass is 32.2. The minimum atomic E-state index is -4.51. The Morgan fingerprint density at radius 1 is 1.20 bits per heavy atom. The van der Waals surface area contributed by atoms with E-state index in [2.05, 4.69) is 5.32 Å². The van der Waals surface area contributed by atoms with Crippen LogP contribution < -0.4 is 5.32 Å². The molecule has 0 heterocycles. The van der Waals surface area contributed by atoms with Gasteiger partial charge >= 0.3 is 0 Å². The van der Waals surface area contributed by atoms with Gasteiger partial charge in [0.2, 0.25) is 0 Å². The van der Waals surface area contributed by atoms with E-state index in [9.17, 15) is 8.42 Å². The summed E-state index contributed by atoms with van der Waals surface area (Å²) in [6.45, 7) is 1.62. The minimum absolute atomic E-state index is 0.0994. The number of nitriles is 3. The molecule has 0 aliphatic carbocycles. The van der Waals surface area contributed by atoms with Gasteiger partial charge in [-0.25, -0.2) is 0 Å². The summed E-state index contributed by atoms with van der Waals surface area (Å²) in [4.78, 5) is -0.444. The van der Waals surface area contributed by atoms with Gasteiger partial charge in [-0.15, -0.1) is 0 Å². The van der Waals surface area contributed by atoms with E-state index in [0.717, 1.165) is 0 Å². The Labute approximate surface area is 115 Å². The van der Waals surface area contributed by atoms with Gasteiger partial charge in [0.05, 0.1) is 5.69 Å². The Balaban J connectivity index is 3.46. The van der Waals surface area contributed by atoms with Gasteiger partial charge in [-0.3, -0.25) is 4.55 Å². The van der Waals surface area contributed by atoms with Crippen LogP contribution in [0.1, 0.15) is 5.56 Å². The van der Waals surface area contributed by atoms with Crippen LogP contribution in [0, 0.1) is 40.9 Å². The number of benzene rings is 1. The van der Waals surface area contributed by atoms with Crippen molar-refractivity contribution in [3.63, 3.8) is 0 Å². The Morgan fingerprint density at radius 3 is 2.25 bits per heavy atom. The molecule has 20 heavy (non-hydrogen) atoms. The molecule has 0 amide bonds. The van der Waals surface area contributed by atoms with Crippen molar-refractivity contribution in [1.82, 2.24) is 0 Å². The first-order valence-corrected chi connectivity index (χ1v) is 6.57. The summed E-state index contributed by atoms with van der Waals surface area (Å²) >= 11 is 0. The second-order valence-electron chi connectivity index (χ2n) is 3.69. The number of anilines is 1. The maximum atomic E-state index is 11.3. The van der Waals surface area contributed by atoms with Gasteiger partial charge in [-0.05, 0) is 24.6 Å². The van der Waals surface area contributed by atoms with Crippen LogP contribution in [-0.2, 0) is 10.1 Å². The van der Waals surface area contributed by atoms with Gasteiger partial charge < -0.3 is 5.32 Å². The zero-order valence-electron chi connectivity index (χ0n) is 10.2. The number of rotatable bonds is 3. The Hall–Kier alpha value is -2.86. The van der Waals surface area contributed by atoms with E-state index in [1.165, 1.54) is 24.3 Å². The van der Waals surface area contributed by atoms with Crippen molar-refractivity contribution in [2.24, 2.45) is 0 Å². The summed E-state index contributed by atoms with van der Waals surface area (Å²) in [5, 5.41) is 28.6. The van der Waals surface area contributed by atoms with Crippen molar-refractivity contribution < 1.29 is 13.0 Å². The maximum absolute atomic E-state index is 11.3. The van der Waals surface area contributed by atoms with E-state index < -0.39 is 26.3 Å². The zero-order valence-corrected chi connectivity index (χ0v) is 11.1. The minimum Gasteiger partial charge on any atom is -0.344 e. The number of nitrogens with zero attached hydrogens (tertiary/aromatic N) is 3. The number of aryl methyl sites for hydroxylation is 1. The van der Waals surface area contributed by atoms with Crippen LogP contribution in [0.15, 0.2) is 34.4 Å². The summed E-state index contributed by atoms with van der Waals surface area (Å²) in [5.41, 5.74) is -0.415. The molecule has 2 N–H and O–H groups in total. The van der Waals surface area contributed by atoms with Crippen molar-refractivity contribution in [2.75, 3.05) is 5.32 Å². The highest BCUT2D eigenvalue weighted by Crippen LogP contribution is 2.24. The predicted molar refractivity (Wildman–Crippen MR) is 68.5 cm³/mol. The van der Waals surface area contributed by atoms with E-state index in [-0.39, 0.29) is 5.69 Å². The number of allylic oxidation sites excluding steroid dienone is 2. The molecule has 1 aromatic rings. The molecule has 0 saturated carbocycles. The van der Waals surface area contributed by atoms with Crippen LogP contribution in [0.25, 0.3) is 0 Å². The standard InChI is InChI=1S/C12H8N4O3S/c1-8-2-3-10(12(4-8)20(17,18)19)16-11(7-15)9(5-13)6-14/h2-4,16H,1H3,(H,17,18,19). The van der Waals surface area contributed by atoms with Crippen LogP contribution >= 0.6 is 0 Å². The van der Waals surface area contributed by atoms with Crippen LogP contribution in [0.5, 0.6) is 0 Å². The lowest BCUT2D eigenvalue weighted by Gasteiger charge is -2.09. The SMILES string of the molecule is Cc1ccc(NC(C#N)=C(C#N)C#N)c(S(=O)(=O)O)c1. The molecule has 7 nitrogen and oxygen atoms in total. The molecule has 1 rings (SSSR count). The molecule has 1 aromatic carbocycles. The van der Waals surface area contributed by atoms with Crippen LogP contribution in [0.4, 0.5) is 5.69 Å². The van der Waals surface area contributed by atoms with E-state index in [4.69, 9.17) is 20.3 Å². The summed E-state index contributed by atoms with van der Waals surface area (Å²) < 4.78 is 31.7. The fourth-order valence-corrected chi connectivity index (χ4v) is 2.10. The summed E-state index contributed by atoms with van der Waals surface area (Å²) in [5.74, 6) is 0. The lowest BCUT2D eigenvalue weighted by molar-refractivity contribution is 0.483. The lowest BCUT2D eigenvalue weighted by Crippen LogP contribution is -2.07. The molecular weight excluding hydrogens is 280 g/mol. The van der Waals surface area contributed by atoms with Crippen molar-refractivity contribution >= 4 is 15.8 Å². The monoisotopic (exact) mass is 288 g/mol. The summed E-state index contributed by atoms with van der Waals surface area (Å²) in [7, 11) is -4.51. The average molecular weight is 288 g/mol. The lowest BCUT2D eigenvalue weighted by atomic mass is 10.2. The number of hydrogen-bond donors (Lipinski definition) is 2. The summed E-state index contributed by atoms with van der Waals surface area (Å²) in [6.07, 6.45) is 0. The Morgan fingerprint density at radius 2 is 1.80 bits per heavy atom. The van der Waals surface area contributed by atoms with Gasteiger partial charge in [-0.1, -0.05) is 6.07 Å². The third kappa shape index (κ3) is 3.33. The second-order valence-corrected chi connectivity index (χ2v) is 5.08. The average Bonchev–Trinajstić information content (AvgIpc) is 2.39. The van der Waals surface area contributed by atoms with Crippen molar-refractivity contribution in [3.05, 3.63) is 35.0 Å². The highest BCUT2D eigenvalue weighted by Gasteiger charge is 2.17. The molecule has 0 unspecified atom stereocenters.